The van der Waals surface area contributed by atoms with E-state index in [0.717, 1.165) is 58.5 Å². The Morgan fingerprint density at radius 2 is 2.28 bits per heavy atom. The molecule has 106 valence electrons. The van der Waals surface area contributed by atoms with Gasteiger partial charge in [-0.3, -0.25) is 0 Å². The molecule has 3 unspecified atom stereocenters. The van der Waals surface area contributed by atoms with Gasteiger partial charge < -0.3 is 20.1 Å². The number of nitrogens with one attached hydrogen (secondary N) is 1. The Hall–Kier alpha value is -0.160. The first-order valence-electron chi connectivity index (χ1n) is 7.34. The lowest BCUT2D eigenvalue weighted by Gasteiger charge is -2.33. The van der Waals surface area contributed by atoms with E-state index in [4.69, 9.17) is 4.74 Å². The largest absolute Gasteiger partial charge is 0.390 e. The third-order valence-corrected chi connectivity index (χ3v) is 4.35. The zero-order valence-corrected chi connectivity index (χ0v) is 11.8. The van der Waals surface area contributed by atoms with Crippen molar-refractivity contribution in [2.75, 3.05) is 32.8 Å². The Morgan fingerprint density at radius 3 is 3.00 bits per heavy atom. The molecule has 0 amide bonds. The Morgan fingerprint density at radius 1 is 1.44 bits per heavy atom. The zero-order chi connectivity index (χ0) is 13.0. The minimum absolute atomic E-state index is 0.458. The van der Waals surface area contributed by atoms with Crippen molar-refractivity contribution >= 4 is 0 Å². The molecule has 0 aliphatic carbocycles. The minimum Gasteiger partial charge on any atom is -0.390 e. The number of morpholine rings is 1. The average molecular weight is 256 g/mol. The second-order valence-electron chi connectivity index (χ2n) is 6.20. The van der Waals surface area contributed by atoms with E-state index in [1.165, 1.54) is 0 Å². The fourth-order valence-corrected chi connectivity index (χ4v) is 3.06. The van der Waals surface area contributed by atoms with E-state index in [1.807, 2.05) is 6.92 Å². The second-order valence-corrected chi connectivity index (χ2v) is 6.20. The lowest BCUT2D eigenvalue weighted by atomic mass is 9.98. The summed E-state index contributed by atoms with van der Waals surface area (Å²) in [6, 6.07) is 1.07. The molecule has 0 bridgehead atoms. The molecule has 0 aromatic heterocycles. The highest BCUT2D eigenvalue weighted by molar-refractivity contribution is 4.83. The van der Waals surface area contributed by atoms with Gasteiger partial charge in [-0.2, -0.15) is 0 Å². The van der Waals surface area contributed by atoms with Gasteiger partial charge in [0, 0.05) is 25.2 Å². The third-order valence-electron chi connectivity index (χ3n) is 4.35. The Labute approximate surface area is 111 Å². The van der Waals surface area contributed by atoms with Crippen LogP contribution in [0.25, 0.3) is 0 Å². The van der Waals surface area contributed by atoms with Crippen LogP contribution in [-0.4, -0.2) is 60.5 Å². The molecular formula is C14H28N2O2. The number of rotatable bonds is 3. The van der Waals surface area contributed by atoms with Crippen LogP contribution in [0.4, 0.5) is 0 Å². The van der Waals surface area contributed by atoms with Gasteiger partial charge in [0.05, 0.1) is 18.8 Å². The van der Waals surface area contributed by atoms with Crippen LogP contribution in [0.5, 0.6) is 0 Å². The highest BCUT2D eigenvalue weighted by Crippen LogP contribution is 2.23. The fraction of sp³-hybridized carbons (Fsp3) is 1.00. The number of likely N-dealkylation sites (tertiary alicyclic amines) is 1. The van der Waals surface area contributed by atoms with Crippen molar-refractivity contribution < 1.29 is 9.84 Å². The normalized spacial score (nSPS) is 37.2. The van der Waals surface area contributed by atoms with Crippen LogP contribution in [-0.2, 0) is 4.74 Å². The number of hydrogen-bond acceptors (Lipinski definition) is 4. The molecule has 0 aromatic rings. The van der Waals surface area contributed by atoms with E-state index >= 15 is 0 Å². The molecule has 4 nitrogen and oxygen atoms in total. The molecule has 2 heterocycles. The van der Waals surface area contributed by atoms with Gasteiger partial charge in [-0.1, -0.05) is 0 Å². The van der Waals surface area contributed by atoms with Crippen molar-refractivity contribution in [3.63, 3.8) is 0 Å². The third kappa shape index (κ3) is 4.19. The van der Waals surface area contributed by atoms with E-state index < -0.39 is 5.60 Å². The SMILES string of the molecule is CC(CC1COCCN1)N1CCCC(C)(O)CC1. The fourth-order valence-electron chi connectivity index (χ4n) is 3.06. The first-order chi connectivity index (χ1) is 8.57. The molecule has 2 N–H and O–H groups in total. The molecule has 4 heteroatoms. The molecule has 0 radical (unpaired) electrons. The summed E-state index contributed by atoms with van der Waals surface area (Å²) in [7, 11) is 0. The smallest absolute Gasteiger partial charge is 0.0632 e. The van der Waals surface area contributed by atoms with Crippen molar-refractivity contribution in [3.8, 4) is 0 Å². The van der Waals surface area contributed by atoms with Crippen LogP contribution < -0.4 is 5.32 Å². The van der Waals surface area contributed by atoms with Gasteiger partial charge in [-0.15, -0.1) is 0 Å². The van der Waals surface area contributed by atoms with Gasteiger partial charge in [0.15, 0.2) is 0 Å². The maximum Gasteiger partial charge on any atom is 0.0632 e. The topological polar surface area (TPSA) is 44.7 Å². The maximum absolute atomic E-state index is 10.1. The average Bonchev–Trinajstić information content (AvgIpc) is 2.51. The molecule has 2 aliphatic heterocycles. The molecule has 3 atom stereocenters. The molecular weight excluding hydrogens is 228 g/mol. The van der Waals surface area contributed by atoms with E-state index in [1.54, 1.807) is 0 Å². The lowest BCUT2D eigenvalue weighted by Crippen LogP contribution is -2.46. The molecule has 0 saturated carbocycles. The number of hydrogen-bond donors (Lipinski definition) is 2. The number of ether oxygens (including phenoxy) is 1. The highest BCUT2D eigenvalue weighted by atomic mass is 16.5. The van der Waals surface area contributed by atoms with Crippen LogP contribution in [0.3, 0.4) is 0 Å². The van der Waals surface area contributed by atoms with E-state index in [9.17, 15) is 5.11 Å². The molecule has 0 spiro atoms. The first-order valence-corrected chi connectivity index (χ1v) is 7.34. The summed E-state index contributed by atoms with van der Waals surface area (Å²) in [6.45, 7) is 9.07. The van der Waals surface area contributed by atoms with E-state index in [-0.39, 0.29) is 0 Å². The Kier molecular flexibility index (Phi) is 5.01. The van der Waals surface area contributed by atoms with Crippen molar-refractivity contribution in [2.45, 2.75) is 57.2 Å². The molecule has 2 fully saturated rings. The summed E-state index contributed by atoms with van der Waals surface area (Å²) in [5, 5.41) is 13.6. The van der Waals surface area contributed by atoms with Gasteiger partial charge in [-0.05, 0) is 46.1 Å². The molecule has 18 heavy (non-hydrogen) atoms. The Bertz CT molecular complexity index is 252. The maximum atomic E-state index is 10.1. The van der Waals surface area contributed by atoms with Crippen LogP contribution in [0, 0.1) is 0 Å². The van der Waals surface area contributed by atoms with E-state index in [0.29, 0.717) is 12.1 Å². The highest BCUT2D eigenvalue weighted by Gasteiger charge is 2.28. The van der Waals surface area contributed by atoms with Crippen LogP contribution in [0.1, 0.15) is 39.5 Å². The molecule has 2 saturated heterocycles. The van der Waals surface area contributed by atoms with Crippen LogP contribution in [0.2, 0.25) is 0 Å². The summed E-state index contributed by atoms with van der Waals surface area (Å²) in [4.78, 5) is 2.53. The Balaban J connectivity index is 1.79. The van der Waals surface area contributed by atoms with Crippen molar-refractivity contribution in [2.24, 2.45) is 0 Å². The van der Waals surface area contributed by atoms with Crippen molar-refractivity contribution in [1.82, 2.24) is 10.2 Å². The second kappa shape index (κ2) is 6.33. The van der Waals surface area contributed by atoms with Gasteiger partial charge in [0.1, 0.15) is 0 Å². The summed E-state index contributed by atoms with van der Waals surface area (Å²) in [5.41, 5.74) is -0.458. The molecule has 0 aromatic carbocycles. The standard InChI is InChI=1S/C14H28N2O2/c1-12(10-13-11-18-9-6-15-13)16-7-3-4-14(2,17)5-8-16/h12-13,15,17H,3-11H2,1-2H3. The monoisotopic (exact) mass is 256 g/mol. The van der Waals surface area contributed by atoms with Gasteiger partial charge in [-0.25, -0.2) is 0 Å². The van der Waals surface area contributed by atoms with Gasteiger partial charge in [0.2, 0.25) is 0 Å². The zero-order valence-electron chi connectivity index (χ0n) is 11.8. The quantitative estimate of drug-likeness (QED) is 0.790. The van der Waals surface area contributed by atoms with Gasteiger partial charge >= 0.3 is 0 Å². The summed E-state index contributed by atoms with van der Waals surface area (Å²) >= 11 is 0. The van der Waals surface area contributed by atoms with Gasteiger partial charge in [0.25, 0.3) is 0 Å². The van der Waals surface area contributed by atoms with Crippen molar-refractivity contribution in [1.29, 1.82) is 0 Å². The number of aliphatic hydroxyl groups is 1. The number of nitrogens with zero attached hydrogens (tertiary/aromatic N) is 1. The minimum atomic E-state index is -0.458. The summed E-state index contributed by atoms with van der Waals surface area (Å²) in [6.07, 6.45) is 4.07. The lowest BCUT2D eigenvalue weighted by molar-refractivity contribution is 0.0405. The molecule has 2 rings (SSSR count). The predicted molar refractivity (Wildman–Crippen MR) is 72.7 cm³/mol. The predicted octanol–water partition coefficient (Wildman–Crippen LogP) is 0.990. The first kappa shape index (κ1) is 14.3. The van der Waals surface area contributed by atoms with Crippen LogP contribution in [0.15, 0.2) is 0 Å². The summed E-state index contributed by atoms with van der Waals surface area (Å²) < 4.78 is 5.51. The van der Waals surface area contributed by atoms with Crippen LogP contribution >= 0.6 is 0 Å². The molecule has 2 aliphatic rings. The summed E-state index contributed by atoms with van der Waals surface area (Å²) in [5.74, 6) is 0. The van der Waals surface area contributed by atoms with Crippen molar-refractivity contribution in [3.05, 3.63) is 0 Å². The van der Waals surface area contributed by atoms with E-state index in [2.05, 4.69) is 17.1 Å².